The van der Waals surface area contributed by atoms with Crippen molar-refractivity contribution in [2.75, 3.05) is 19.5 Å². The second-order valence-corrected chi connectivity index (χ2v) is 6.29. The lowest BCUT2D eigenvalue weighted by atomic mass is 9.91. The first kappa shape index (κ1) is 11.5. The summed E-state index contributed by atoms with van der Waals surface area (Å²) < 4.78 is 0. The smallest absolute Gasteiger partial charge is 0 e. The lowest BCUT2D eigenvalue weighted by Gasteiger charge is -2.22. The minimum Gasteiger partial charge on any atom is -0.113 e. The molecule has 0 spiro atoms. The lowest BCUT2D eigenvalue weighted by molar-refractivity contribution is 0.389. The first-order valence-corrected chi connectivity index (χ1v) is 6.86. The van der Waals surface area contributed by atoms with Gasteiger partial charge in [0.05, 0.1) is 0 Å². The van der Waals surface area contributed by atoms with E-state index in [4.69, 9.17) is 0 Å². The van der Waals surface area contributed by atoms with Crippen LogP contribution in [0.4, 0.5) is 0 Å². The molecule has 1 rings (SSSR count). The van der Waals surface area contributed by atoms with Gasteiger partial charge in [0.1, 0.15) is 0 Å². The highest BCUT2D eigenvalue weighted by Crippen LogP contribution is 2.34. The molecular weight excluding hydrogens is 150 g/mol. The Morgan fingerprint density at radius 2 is 1.64 bits per heavy atom. The molecule has 0 bridgehead atoms. The van der Waals surface area contributed by atoms with E-state index in [2.05, 4.69) is 13.3 Å². The van der Waals surface area contributed by atoms with Gasteiger partial charge in [-0.2, -0.15) is 0 Å². The van der Waals surface area contributed by atoms with Crippen LogP contribution in [0.25, 0.3) is 0 Å². The van der Waals surface area contributed by atoms with Crippen molar-refractivity contribution in [1.29, 1.82) is 0 Å². The molecule has 1 aliphatic carbocycles. The molecule has 63 valence electrons. The van der Waals surface area contributed by atoms with E-state index in [1.165, 1.54) is 38.3 Å². The summed E-state index contributed by atoms with van der Waals surface area (Å²) >= 11 is 0. The molecule has 0 aliphatic heterocycles. The molecular formula is C9H19BP. The quantitative estimate of drug-likeness (QED) is 0.440. The van der Waals surface area contributed by atoms with E-state index >= 15 is 0 Å². The summed E-state index contributed by atoms with van der Waals surface area (Å²) in [5.74, 6) is 1.11. The summed E-state index contributed by atoms with van der Waals surface area (Å²) in [6, 6.07) is 0. The van der Waals surface area contributed by atoms with Crippen LogP contribution in [-0.2, 0) is 0 Å². The largest absolute Gasteiger partial charge is 0.113 e. The van der Waals surface area contributed by atoms with E-state index in [9.17, 15) is 0 Å². The maximum atomic E-state index is 2.41. The number of rotatable bonds is 2. The molecule has 0 atom stereocenters. The van der Waals surface area contributed by atoms with Crippen LogP contribution in [0.2, 0.25) is 0 Å². The summed E-state index contributed by atoms with van der Waals surface area (Å²) in [5, 5.41) is 0. The van der Waals surface area contributed by atoms with Gasteiger partial charge in [-0.3, -0.25) is 0 Å². The number of hydrogen-bond acceptors (Lipinski definition) is 0. The van der Waals surface area contributed by atoms with Gasteiger partial charge in [-0.05, 0) is 25.4 Å². The zero-order valence-electron chi connectivity index (χ0n) is 7.84. The molecule has 0 unspecified atom stereocenters. The van der Waals surface area contributed by atoms with Crippen molar-refractivity contribution in [3.63, 3.8) is 0 Å². The molecule has 3 radical (unpaired) electrons. The van der Waals surface area contributed by atoms with Gasteiger partial charge in [0.15, 0.2) is 0 Å². The monoisotopic (exact) mass is 169 g/mol. The van der Waals surface area contributed by atoms with Crippen LogP contribution in [0.15, 0.2) is 0 Å². The van der Waals surface area contributed by atoms with E-state index in [-0.39, 0.29) is 8.41 Å². The Morgan fingerprint density at radius 1 is 1.09 bits per heavy atom. The minimum atomic E-state index is 0. The highest BCUT2D eigenvalue weighted by Gasteiger charge is 2.13. The standard InChI is InChI=1S/C9H19P.B/c1-10(2)8-9-6-4-3-5-7-9;/h9H,3-8H2,1-2H3;. The van der Waals surface area contributed by atoms with E-state index in [0.717, 1.165) is 5.92 Å². The first-order valence-electron chi connectivity index (χ1n) is 4.44. The van der Waals surface area contributed by atoms with E-state index in [0.29, 0.717) is 7.92 Å². The van der Waals surface area contributed by atoms with Crippen molar-refractivity contribution in [2.45, 2.75) is 32.1 Å². The minimum absolute atomic E-state index is 0. The van der Waals surface area contributed by atoms with Gasteiger partial charge in [0.2, 0.25) is 0 Å². The van der Waals surface area contributed by atoms with E-state index < -0.39 is 0 Å². The third-order valence-electron chi connectivity index (χ3n) is 2.35. The van der Waals surface area contributed by atoms with Crippen molar-refractivity contribution in [1.82, 2.24) is 0 Å². The zero-order chi connectivity index (χ0) is 7.40. The van der Waals surface area contributed by atoms with E-state index in [1.807, 2.05) is 0 Å². The molecule has 1 aliphatic rings. The SMILES string of the molecule is CP(C)CC1CCCCC1.[B]. The Bertz CT molecular complexity index is 87.6. The average Bonchev–Trinajstić information content (AvgIpc) is 1.88. The van der Waals surface area contributed by atoms with Crippen LogP contribution in [0, 0.1) is 5.92 Å². The maximum absolute atomic E-state index is 2.41. The van der Waals surface area contributed by atoms with Crippen molar-refractivity contribution in [3.8, 4) is 0 Å². The fraction of sp³-hybridized carbons (Fsp3) is 1.00. The third-order valence-corrected chi connectivity index (χ3v) is 3.59. The van der Waals surface area contributed by atoms with Crippen LogP contribution in [0.1, 0.15) is 32.1 Å². The molecule has 1 fully saturated rings. The topological polar surface area (TPSA) is 0 Å². The highest BCUT2D eigenvalue weighted by atomic mass is 31.1. The van der Waals surface area contributed by atoms with Crippen molar-refractivity contribution >= 4 is 16.3 Å². The number of hydrogen-bond donors (Lipinski definition) is 0. The fourth-order valence-electron chi connectivity index (χ4n) is 1.89. The molecule has 0 aromatic heterocycles. The molecule has 0 N–H and O–H groups in total. The Morgan fingerprint density at radius 3 is 2.09 bits per heavy atom. The first-order chi connectivity index (χ1) is 4.79. The zero-order valence-corrected chi connectivity index (χ0v) is 8.74. The Kier molecular flexibility index (Phi) is 6.33. The van der Waals surface area contributed by atoms with Gasteiger partial charge in [-0.25, -0.2) is 0 Å². The molecule has 11 heavy (non-hydrogen) atoms. The normalized spacial score (nSPS) is 19.9. The lowest BCUT2D eigenvalue weighted by Crippen LogP contribution is -2.09. The van der Waals surface area contributed by atoms with Crippen LogP contribution in [0.5, 0.6) is 0 Å². The fourth-order valence-corrected chi connectivity index (χ4v) is 3.28. The van der Waals surface area contributed by atoms with Crippen molar-refractivity contribution in [2.24, 2.45) is 5.92 Å². The van der Waals surface area contributed by atoms with Crippen molar-refractivity contribution < 1.29 is 0 Å². The van der Waals surface area contributed by atoms with Gasteiger partial charge in [0.25, 0.3) is 0 Å². The third kappa shape index (κ3) is 4.85. The van der Waals surface area contributed by atoms with Crippen LogP contribution in [0.3, 0.4) is 0 Å². The van der Waals surface area contributed by atoms with Crippen LogP contribution >= 0.6 is 7.92 Å². The molecule has 0 nitrogen and oxygen atoms in total. The highest BCUT2D eigenvalue weighted by molar-refractivity contribution is 7.55. The molecule has 0 amide bonds. The molecule has 0 saturated heterocycles. The summed E-state index contributed by atoms with van der Waals surface area (Å²) in [6.45, 7) is 4.81. The molecule has 1 saturated carbocycles. The maximum Gasteiger partial charge on any atom is 0 e. The molecule has 2 heteroatoms. The molecule has 0 heterocycles. The Balaban J connectivity index is 0.000001000. The summed E-state index contributed by atoms with van der Waals surface area (Å²) in [4.78, 5) is 0. The molecule has 0 aromatic rings. The second-order valence-electron chi connectivity index (χ2n) is 3.77. The molecule has 0 aromatic carbocycles. The van der Waals surface area contributed by atoms with Crippen molar-refractivity contribution in [3.05, 3.63) is 0 Å². The van der Waals surface area contributed by atoms with Crippen LogP contribution < -0.4 is 0 Å². The van der Waals surface area contributed by atoms with Gasteiger partial charge in [0, 0.05) is 8.41 Å². The van der Waals surface area contributed by atoms with Gasteiger partial charge < -0.3 is 0 Å². The predicted octanol–water partition coefficient (Wildman–Crippen LogP) is 2.93. The summed E-state index contributed by atoms with van der Waals surface area (Å²) in [5.41, 5.74) is 0. The average molecular weight is 169 g/mol. The van der Waals surface area contributed by atoms with E-state index in [1.54, 1.807) is 0 Å². The predicted molar refractivity (Wildman–Crippen MR) is 56.0 cm³/mol. The Labute approximate surface area is 74.5 Å². The van der Waals surface area contributed by atoms with Gasteiger partial charge in [-0.1, -0.05) is 32.1 Å². The second kappa shape index (κ2) is 6.06. The van der Waals surface area contributed by atoms with Crippen LogP contribution in [-0.4, -0.2) is 27.9 Å². The van der Waals surface area contributed by atoms with Gasteiger partial charge in [-0.15, -0.1) is 7.92 Å². The summed E-state index contributed by atoms with van der Waals surface area (Å²) in [7, 11) is 0.377. The Hall–Kier alpha value is 0.495. The summed E-state index contributed by atoms with van der Waals surface area (Å²) in [6.07, 6.45) is 9.11. The van der Waals surface area contributed by atoms with Gasteiger partial charge >= 0.3 is 0 Å².